The molecule has 0 fully saturated rings. The first-order chi connectivity index (χ1) is 14.5. The molecule has 4 rings (SSSR count). The molecule has 0 spiro atoms. The van der Waals surface area contributed by atoms with Gasteiger partial charge in [0.15, 0.2) is 0 Å². The Morgan fingerprint density at radius 3 is 2.57 bits per heavy atom. The molecule has 8 heteroatoms. The number of nitrogens with two attached hydrogens (primary N) is 1. The zero-order valence-electron chi connectivity index (χ0n) is 15.8. The molecular formula is C22H18FN5O2. The van der Waals surface area contributed by atoms with E-state index in [1.54, 1.807) is 30.3 Å². The Kier molecular flexibility index (Phi) is 5.13. The van der Waals surface area contributed by atoms with Crippen LogP contribution >= 0.6 is 0 Å². The molecule has 0 saturated carbocycles. The predicted octanol–water partition coefficient (Wildman–Crippen LogP) is 3.79. The number of hydrogen-bond acceptors (Lipinski definition) is 3. The summed E-state index contributed by atoms with van der Waals surface area (Å²) >= 11 is 0. The minimum absolute atomic E-state index is 0.0904. The Morgan fingerprint density at radius 2 is 1.77 bits per heavy atom. The number of para-hydroxylation sites is 1. The van der Waals surface area contributed by atoms with Crippen LogP contribution in [0, 0.1) is 5.82 Å². The Hall–Kier alpha value is -4.20. The van der Waals surface area contributed by atoms with Crippen LogP contribution in [-0.2, 0) is 6.54 Å². The van der Waals surface area contributed by atoms with Crippen LogP contribution in [0.15, 0.2) is 66.7 Å². The Bertz CT molecular complexity index is 1250. The number of nitrogens with one attached hydrogen (secondary N) is 3. The first-order valence-electron chi connectivity index (χ1n) is 9.19. The molecule has 0 unspecified atom stereocenters. The summed E-state index contributed by atoms with van der Waals surface area (Å²) in [5, 5.41) is 13.1. The van der Waals surface area contributed by atoms with Crippen molar-refractivity contribution < 1.29 is 14.0 Å². The molecule has 3 amide bonds. The van der Waals surface area contributed by atoms with Crippen molar-refractivity contribution in [1.82, 2.24) is 15.5 Å². The number of rotatable bonds is 5. The average Bonchev–Trinajstić information content (AvgIpc) is 3.18. The van der Waals surface area contributed by atoms with Crippen LogP contribution < -0.4 is 16.4 Å². The molecule has 1 heterocycles. The number of H-pyrrole nitrogens is 1. The molecule has 3 aromatic carbocycles. The predicted molar refractivity (Wildman–Crippen MR) is 112 cm³/mol. The maximum atomic E-state index is 13.7. The Morgan fingerprint density at radius 1 is 1.00 bits per heavy atom. The zero-order valence-corrected chi connectivity index (χ0v) is 15.8. The number of carbonyl (C=O) groups excluding carboxylic acids is 2. The van der Waals surface area contributed by atoms with Gasteiger partial charge in [-0.15, -0.1) is 0 Å². The summed E-state index contributed by atoms with van der Waals surface area (Å²) in [6, 6.07) is 17.9. The molecule has 0 bridgehead atoms. The topological polar surface area (TPSA) is 113 Å². The van der Waals surface area contributed by atoms with Gasteiger partial charge in [-0.3, -0.25) is 9.89 Å². The van der Waals surface area contributed by atoms with E-state index in [4.69, 9.17) is 5.73 Å². The average molecular weight is 403 g/mol. The zero-order chi connectivity index (χ0) is 21.1. The van der Waals surface area contributed by atoms with E-state index in [1.807, 2.05) is 24.3 Å². The summed E-state index contributed by atoms with van der Waals surface area (Å²) in [5.74, 6) is -1.07. The van der Waals surface area contributed by atoms with Crippen molar-refractivity contribution in [1.29, 1.82) is 0 Å². The van der Waals surface area contributed by atoms with Crippen molar-refractivity contribution in [2.45, 2.75) is 6.54 Å². The number of carbonyl (C=O) groups is 2. The van der Waals surface area contributed by atoms with E-state index in [1.165, 1.54) is 12.1 Å². The lowest BCUT2D eigenvalue weighted by atomic mass is 9.99. The number of anilines is 1. The van der Waals surface area contributed by atoms with Crippen LogP contribution in [0.5, 0.6) is 0 Å². The fraction of sp³-hybridized carbons (Fsp3) is 0.0455. The summed E-state index contributed by atoms with van der Waals surface area (Å²) in [6.45, 7) is 0.170. The number of urea groups is 1. The van der Waals surface area contributed by atoms with Crippen LogP contribution in [0.4, 0.5) is 14.9 Å². The fourth-order valence-electron chi connectivity index (χ4n) is 3.28. The molecule has 0 aliphatic carbocycles. The number of nitrogens with zero attached hydrogens (tertiary/aromatic N) is 1. The summed E-state index contributed by atoms with van der Waals surface area (Å²) in [5.41, 5.74) is 8.73. The highest BCUT2D eigenvalue weighted by Crippen LogP contribution is 2.31. The highest BCUT2D eigenvalue weighted by Gasteiger charge is 2.17. The van der Waals surface area contributed by atoms with E-state index in [0.29, 0.717) is 22.2 Å². The molecule has 5 N–H and O–H groups in total. The third-order valence-electron chi connectivity index (χ3n) is 4.69. The Balaban J connectivity index is 1.61. The van der Waals surface area contributed by atoms with E-state index < -0.39 is 17.8 Å². The molecular weight excluding hydrogens is 385 g/mol. The van der Waals surface area contributed by atoms with Gasteiger partial charge >= 0.3 is 6.03 Å². The van der Waals surface area contributed by atoms with Gasteiger partial charge in [0.25, 0.3) is 0 Å². The lowest BCUT2D eigenvalue weighted by molar-refractivity contribution is 0.100. The largest absolute Gasteiger partial charge is 0.366 e. The van der Waals surface area contributed by atoms with Crippen molar-refractivity contribution in [3.8, 4) is 11.3 Å². The molecule has 0 aliphatic heterocycles. The van der Waals surface area contributed by atoms with Crippen LogP contribution in [0.1, 0.15) is 15.9 Å². The number of halogens is 1. The van der Waals surface area contributed by atoms with Gasteiger partial charge < -0.3 is 16.4 Å². The second-order valence-electron chi connectivity index (χ2n) is 6.61. The maximum Gasteiger partial charge on any atom is 0.319 e. The van der Waals surface area contributed by atoms with E-state index in [9.17, 15) is 14.0 Å². The minimum atomic E-state index is -0.553. The third-order valence-corrected chi connectivity index (χ3v) is 4.69. The van der Waals surface area contributed by atoms with Gasteiger partial charge in [0.2, 0.25) is 5.91 Å². The standard InChI is InChI=1S/C22H18FN5O2/c23-16-9-3-4-10-17(16)26-22(30)25-12-13-6-1-2-7-14(13)20-19-15(21(24)29)8-5-11-18(19)27-28-20/h1-11H,12H2,(H2,24,29)(H,27,28)(H2,25,26,30). The van der Waals surface area contributed by atoms with Gasteiger partial charge in [-0.25, -0.2) is 9.18 Å². The molecule has 0 aliphatic rings. The van der Waals surface area contributed by atoms with Crippen LogP contribution in [0.25, 0.3) is 22.2 Å². The first kappa shape index (κ1) is 19.1. The molecule has 0 atom stereocenters. The number of aromatic nitrogens is 2. The van der Waals surface area contributed by atoms with Crippen molar-refractivity contribution >= 4 is 28.5 Å². The Labute approximate surface area is 171 Å². The molecule has 7 nitrogen and oxygen atoms in total. The van der Waals surface area contributed by atoms with Crippen LogP contribution in [0.3, 0.4) is 0 Å². The summed E-state index contributed by atoms with van der Waals surface area (Å²) < 4.78 is 13.7. The maximum absolute atomic E-state index is 13.7. The van der Waals surface area contributed by atoms with Gasteiger partial charge in [-0.05, 0) is 29.8 Å². The van der Waals surface area contributed by atoms with Gasteiger partial charge in [-0.1, -0.05) is 42.5 Å². The molecule has 1 aromatic heterocycles. The van der Waals surface area contributed by atoms with Gasteiger partial charge in [0, 0.05) is 17.5 Å². The first-order valence-corrected chi connectivity index (χ1v) is 9.19. The number of primary amides is 1. The number of aromatic amines is 1. The smallest absolute Gasteiger partial charge is 0.319 e. The highest BCUT2D eigenvalue weighted by molar-refractivity contribution is 6.10. The van der Waals surface area contributed by atoms with E-state index >= 15 is 0 Å². The molecule has 0 radical (unpaired) electrons. The molecule has 150 valence electrons. The third kappa shape index (κ3) is 3.70. The summed E-state index contributed by atoms with van der Waals surface area (Å²) in [4.78, 5) is 24.1. The number of hydrogen-bond donors (Lipinski definition) is 4. The van der Waals surface area contributed by atoms with Crippen molar-refractivity contribution in [3.63, 3.8) is 0 Å². The minimum Gasteiger partial charge on any atom is -0.366 e. The SMILES string of the molecule is NC(=O)c1cccc2[nH]nc(-c3ccccc3CNC(=O)Nc3ccccc3F)c12. The van der Waals surface area contributed by atoms with E-state index in [2.05, 4.69) is 20.8 Å². The number of benzene rings is 3. The summed E-state index contributed by atoms with van der Waals surface area (Å²) in [7, 11) is 0. The normalized spacial score (nSPS) is 10.7. The second-order valence-corrected chi connectivity index (χ2v) is 6.61. The quantitative estimate of drug-likeness (QED) is 0.407. The van der Waals surface area contributed by atoms with Crippen LogP contribution in [0.2, 0.25) is 0 Å². The lowest BCUT2D eigenvalue weighted by Gasteiger charge is -2.11. The summed E-state index contributed by atoms with van der Waals surface area (Å²) in [6.07, 6.45) is 0. The van der Waals surface area contributed by atoms with Crippen molar-refractivity contribution in [2.75, 3.05) is 5.32 Å². The monoisotopic (exact) mass is 403 g/mol. The van der Waals surface area contributed by atoms with Gasteiger partial charge in [0.05, 0.1) is 16.8 Å². The van der Waals surface area contributed by atoms with E-state index in [0.717, 1.165) is 11.1 Å². The number of amides is 3. The second kappa shape index (κ2) is 8.04. The van der Waals surface area contributed by atoms with Crippen molar-refractivity contribution in [2.24, 2.45) is 5.73 Å². The molecule has 4 aromatic rings. The molecule has 0 saturated heterocycles. The molecule has 30 heavy (non-hydrogen) atoms. The van der Waals surface area contributed by atoms with Crippen molar-refractivity contribution in [3.05, 3.63) is 83.7 Å². The number of fused-ring (bicyclic) bond motifs is 1. The highest BCUT2D eigenvalue weighted by atomic mass is 19.1. The van der Waals surface area contributed by atoms with Crippen LogP contribution in [-0.4, -0.2) is 22.1 Å². The fourth-order valence-corrected chi connectivity index (χ4v) is 3.28. The van der Waals surface area contributed by atoms with E-state index in [-0.39, 0.29) is 12.2 Å². The van der Waals surface area contributed by atoms with Gasteiger partial charge in [-0.2, -0.15) is 5.10 Å². The van der Waals surface area contributed by atoms with Gasteiger partial charge in [0.1, 0.15) is 11.5 Å². The lowest BCUT2D eigenvalue weighted by Crippen LogP contribution is -2.28.